The molecule has 0 radical (unpaired) electrons. The molecule has 6 atom stereocenters. The van der Waals surface area contributed by atoms with Crippen molar-refractivity contribution < 1.29 is 58.2 Å². The molecular formula is C65H104O12. The number of carbonyl (C=O) groups is 4. The van der Waals surface area contributed by atoms with Gasteiger partial charge in [0.05, 0.1) is 6.61 Å². The standard InChI is InChI=1S/C65H104O12/c1-4-7-10-13-16-19-22-24-26-28-29-31-33-35-38-41-44-47-50-53-59(68)76-63-61(70)60(69)62(64(71)72)77-65(63)74-55-56(75-58(67)52-49-46-43-40-36-21-18-15-12-9-6-3)54-73-57(66)51-48-45-42-39-37-34-32-30-27-25-23-20-17-14-11-8-5-2/h7-8,10-11,15-20,24-27,29,31-32,34,56,60-63,65,69-70H,4-6,9,12-14,21-23,28,30,33,35-55H2,1-3H3,(H,71,72)/b10-7-,11-8-,18-15-,19-16-,20-17-,26-24-,27-25-,31-29-,34-32-. The number of rotatable bonds is 49. The number of esters is 3. The molecule has 6 unspecified atom stereocenters. The summed E-state index contributed by atoms with van der Waals surface area (Å²) in [4.78, 5) is 51.1. The SMILES string of the molecule is CC/C=C\C/C=C\C/C=C\C/C=C\CCCCCCCCC(=O)OC1C(OCC(COC(=O)CCCCCC/C=C\C/C=C\C/C=C\C/C=C\CC)OC(=O)CCCCCCC/C=C\CCCC)OC(C(=O)O)C(O)C1O. The first kappa shape index (κ1) is 70.4. The Morgan fingerprint density at radius 3 is 1.26 bits per heavy atom. The summed E-state index contributed by atoms with van der Waals surface area (Å²) in [7, 11) is 0. The Morgan fingerprint density at radius 2 is 0.818 bits per heavy atom. The van der Waals surface area contributed by atoms with Crippen LogP contribution in [0.5, 0.6) is 0 Å². The molecule has 0 amide bonds. The molecule has 1 aliphatic rings. The minimum absolute atomic E-state index is 0.0356. The van der Waals surface area contributed by atoms with Gasteiger partial charge in [-0.25, -0.2) is 4.79 Å². The molecule has 3 N–H and O–H groups in total. The van der Waals surface area contributed by atoms with Gasteiger partial charge in [-0.3, -0.25) is 14.4 Å². The predicted molar refractivity (Wildman–Crippen MR) is 312 cm³/mol. The van der Waals surface area contributed by atoms with Crippen LogP contribution in [0.3, 0.4) is 0 Å². The fourth-order valence-electron chi connectivity index (χ4n) is 8.27. The summed E-state index contributed by atoms with van der Waals surface area (Å²) < 4.78 is 28.4. The van der Waals surface area contributed by atoms with E-state index in [4.69, 9.17) is 23.7 Å². The van der Waals surface area contributed by atoms with Gasteiger partial charge in [-0.1, -0.05) is 201 Å². The Labute approximate surface area is 465 Å². The highest BCUT2D eigenvalue weighted by molar-refractivity contribution is 5.74. The second-order valence-corrected chi connectivity index (χ2v) is 19.9. The molecule has 0 saturated carbocycles. The first-order chi connectivity index (χ1) is 37.6. The zero-order valence-corrected chi connectivity index (χ0v) is 47.9. The molecule has 0 bridgehead atoms. The van der Waals surface area contributed by atoms with Crippen LogP contribution in [0.2, 0.25) is 0 Å². The Hall–Kier alpha value is -4.62. The number of allylic oxidation sites excluding steroid dienone is 18. The lowest BCUT2D eigenvalue weighted by atomic mass is 9.98. The van der Waals surface area contributed by atoms with E-state index in [1.807, 2.05) is 0 Å². The molecule has 0 aromatic carbocycles. The molecule has 0 spiro atoms. The first-order valence-corrected chi connectivity index (χ1v) is 29.9. The van der Waals surface area contributed by atoms with Gasteiger partial charge in [0, 0.05) is 19.3 Å². The number of carbonyl (C=O) groups excluding carboxylic acids is 3. The van der Waals surface area contributed by atoms with Crippen molar-refractivity contribution >= 4 is 23.9 Å². The van der Waals surface area contributed by atoms with Gasteiger partial charge in [-0.05, 0) is 116 Å². The number of carboxylic acid groups (broad SMARTS) is 1. The lowest BCUT2D eigenvalue weighted by molar-refractivity contribution is -0.301. The topological polar surface area (TPSA) is 175 Å². The monoisotopic (exact) mass is 1080 g/mol. The van der Waals surface area contributed by atoms with Crippen LogP contribution in [0.1, 0.15) is 226 Å². The Morgan fingerprint density at radius 1 is 0.442 bits per heavy atom. The minimum Gasteiger partial charge on any atom is -0.479 e. The van der Waals surface area contributed by atoms with E-state index in [2.05, 4.69) is 130 Å². The normalized spacial score (nSPS) is 18.8. The van der Waals surface area contributed by atoms with E-state index in [9.17, 15) is 34.5 Å². The summed E-state index contributed by atoms with van der Waals surface area (Å²) in [6.07, 6.45) is 57.7. The molecule has 0 aromatic heterocycles. The highest BCUT2D eigenvalue weighted by Gasteiger charge is 2.50. The van der Waals surface area contributed by atoms with E-state index < -0.39 is 67.3 Å². The molecule has 1 saturated heterocycles. The van der Waals surface area contributed by atoms with Crippen molar-refractivity contribution in [3.63, 3.8) is 0 Å². The zero-order chi connectivity index (χ0) is 56.1. The first-order valence-electron chi connectivity index (χ1n) is 29.9. The number of aliphatic hydroxyl groups is 2. The average Bonchev–Trinajstić information content (AvgIpc) is 3.42. The van der Waals surface area contributed by atoms with Crippen molar-refractivity contribution in [3.05, 3.63) is 109 Å². The van der Waals surface area contributed by atoms with Gasteiger partial charge >= 0.3 is 23.9 Å². The van der Waals surface area contributed by atoms with Crippen LogP contribution in [0.25, 0.3) is 0 Å². The highest BCUT2D eigenvalue weighted by atomic mass is 16.7. The Bertz CT molecular complexity index is 1750. The molecule has 1 heterocycles. The van der Waals surface area contributed by atoms with E-state index in [1.165, 1.54) is 12.8 Å². The molecule has 436 valence electrons. The van der Waals surface area contributed by atoms with Gasteiger partial charge in [-0.15, -0.1) is 0 Å². The van der Waals surface area contributed by atoms with Gasteiger partial charge in [0.1, 0.15) is 18.8 Å². The summed E-state index contributed by atoms with van der Waals surface area (Å²) in [5.41, 5.74) is 0. The van der Waals surface area contributed by atoms with Crippen molar-refractivity contribution in [1.29, 1.82) is 0 Å². The maximum absolute atomic E-state index is 13.1. The third-order valence-electron chi connectivity index (χ3n) is 12.8. The lowest BCUT2D eigenvalue weighted by Crippen LogP contribution is -2.61. The second kappa shape index (κ2) is 52.1. The number of carboxylic acids is 1. The van der Waals surface area contributed by atoms with Crippen LogP contribution in [0.4, 0.5) is 0 Å². The lowest BCUT2D eigenvalue weighted by Gasteiger charge is -2.40. The van der Waals surface area contributed by atoms with E-state index in [0.29, 0.717) is 19.3 Å². The maximum Gasteiger partial charge on any atom is 0.335 e. The Balaban J connectivity index is 2.69. The van der Waals surface area contributed by atoms with Crippen LogP contribution in [-0.4, -0.2) is 89.2 Å². The van der Waals surface area contributed by atoms with Crippen LogP contribution < -0.4 is 0 Å². The third-order valence-corrected chi connectivity index (χ3v) is 12.8. The fraction of sp³-hybridized carbons (Fsp3) is 0.662. The average molecular weight is 1080 g/mol. The molecule has 1 aliphatic heterocycles. The number of hydrogen-bond acceptors (Lipinski definition) is 11. The van der Waals surface area contributed by atoms with Gasteiger partial charge in [0.2, 0.25) is 0 Å². The Kier molecular flexibility index (Phi) is 47.6. The van der Waals surface area contributed by atoms with E-state index in [0.717, 1.165) is 154 Å². The fourth-order valence-corrected chi connectivity index (χ4v) is 8.27. The summed E-state index contributed by atoms with van der Waals surface area (Å²) in [6.45, 7) is 5.68. The van der Waals surface area contributed by atoms with E-state index in [-0.39, 0.29) is 25.9 Å². The number of aliphatic hydroxyl groups excluding tert-OH is 2. The van der Waals surface area contributed by atoms with Crippen LogP contribution in [-0.2, 0) is 42.9 Å². The van der Waals surface area contributed by atoms with Gasteiger partial charge in [0.15, 0.2) is 24.6 Å². The molecule has 77 heavy (non-hydrogen) atoms. The summed E-state index contributed by atoms with van der Waals surface area (Å²) in [5, 5.41) is 31.5. The second-order valence-electron chi connectivity index (χ2n) is 19.9. The molecule has 0 aromatic rings. The largest absolute Gasteiger partial charge is 0.479 e. The third kappa shape index (κ3) is 42.1. The van der Waals surface area contributed by atoms with E-state index in [1.54, 1.807) is 0 Å². The number of hydrogen-bond donors (Lipinski definition) is 3. The van der Waals surface area contributed by atoms with Crippen molar-refractivity contribution in [2.75, 3.05) is 13.2 Å². The van der Waals surface area contributed by atoms with Gasteiger partial charge in [-0.2, -0.15) is 0 Å². The smallest absolute Gasteiger partial charge is 0.335 e. The molecule has 12 nitrogen and oxygen atoms in total. The minimum atomic E-state index is -1.92. The molecular weight excluding hydrogens is 973 g/mol. The summed E-state index contributed by atoms with van der Waals surface area (Å²) >= 11 is 0. The number of aliphatic carboxylic acids is 1. The molecule has 1 fully saturated rings. The number of ether oxygens (including phenoxy) is 5. The molecule has 0 aliphatic carbocycles. The van der Waals surface area contributed by atoms with Crippen molar-refractivity contribution in [2.24, 2.45) is 0 Å². The van der Waals surface area contributed by atoms with E-state index >= 15 is 0 Å². The maximum atomic E-state index is 13.1. The van der Waals surface area contributed by atoms with Gasteiger partial charge < -0.3 is 39.0 Å². The van der Waals surface area contributed by atoms with Crippen molar-refractivity contribution in [1.82, 2.24) is 0 Å². The van der Waals surface area contributed by atoms with Crippen LogP contribution in [0, 0.1) is 0 Å². The quantitative estimate of drug-likeness (QED) is 0.0228. The van der Waals surface area contributed by atoms with Crippen LogP contribution in [0.15, 0.2) is 109 Å². The molecule has 1 rings (SSSR count). The summed E-state index contributed by atoms with van der Waals surface area (Å²) in [5.74, 6) is -3.19. The number of unbranched alkanes of at least 4 members (excludes halogenated alkanes) is 17. The van der Waals surface area contributed by atoms with Gasteiger partial charge in [0.25, 0.3) is 0 Å². The highest BCUT2D eigenvalue weighted by Crippen LogP contribution is 2.26. The predicted octanol–water partition coefficient (Wildman–Crippen LogP) is 15.4. The zero-order valence-electron chi connectivity index (χ0n) is 47.9. The van der Waals surface area contributed by atoms with Crippen molar-refractivity contribution in [2.45, 2.75) is 263 Å². The van der Waals surface area contributed by atoms with Crippen molar-refractivity contribution in [3.8, 4) is 0 Å². The molecule has 12 heteroatoms. The van der Waals surface area contributed by atoms with Crippen LogP contribution >= 0.6 is 0 Å². The summed E-state index contributed by atoms with van der Waals surface area (Å²) in [6, 6.07) is 0.